The van der Waals surface area contributed by atoms with E-state index in [1.54, 1.807) is 23.1 Å². The van der Waals surface area contributed by atoms with Crippen LogP contribution in [0.5, 0.6) is 0 Å². The number of anilines is 1. The average Bonchev–Trinajstić information content (AvgIpc) is 2.80. The molecular weight excluding hydrogens is 451 g/mol. The van der Waals surface area contributed by atoms with E-state index in [2.05, 4.69) is 5.32 Å². The maximum absolute atomic E-state index is 12.9. The number of carbonyl (C=O) groups is 3. The van der Waals surface area contributed by atoms with Crippen LogP contribution in [0.4, 0.5) is 18.9 Å². The van der Waals surface area contributed by atoms with E-state index >= 15 is 0 Å². The number of aryl methyl sites for hydroxylation is 2. The van der Waals surface area contributed by atoms with E-state index in [4.69, 9.17) is 4.74 Å². The molecule has 2 amide bonds. The van der Waals surface area contributed by atoms with E-state index in [0.717, 1.165) is 23.3 Å². The molecule has 0 unspecified atom stereocenters. The minimum Gasteiger partial charge on any atom is -0.454 e. The summed E-state index contributed by atoms with van der Waals surface area (Å²) in [5, 5.41) is 2.47. The second kappa shape index (κ2) is 10.6. The van der Waals surface area contributed by atoms with Gasteiger partial charge in [-0.05, 0) is 44.2 Å². The highest BCUT2D eigenvalue weighted by Gasteiger charge is 2.31. The summed E-state index contributed by atoms with van der Waals surface area (Å²) in [6, 6.07) is 10.4. The van der Waals surface area contributed by atoms with Crippen molar-refractivity contribution in [3.8, 4) is 0 Å². The number of esters is 1. The molecule has 1 N–H and O–H groups in total. The number of halogens is 3. The van der Waals surface area contributed by atoms with Crippen molar-refractivity contribution in [1.82, 2.24) is 10.2 Å². The van der Waals surface area contributed by atoms with Crippen LogP contribution in [0.3, 0.4) is 0 Å². The van der Waals surface area contributed by atoms with E-state index in [0.29, 0.717) is 24.3 Å². The number of piperazine rings is 1. The van der Waals surface area contributed by atoms with E-state index in [-0.39, 0.29) is 19.6 Å². The van der Waals surface area contributed by atoms with Crippen LogP contribution in [-0.2, 0) is 20.5 Å². The maximum Gasteiger partial charge on any atom is 0.416 e. The molecule has 1 aliphatic heterocycles. The van der Waals surface area contributed by atoms with Gasteiger partial charge in [0.25, 0.3) is 11.8 Å². The fourth-order valence-electron chi connectivity index (χ4n) is 3.74. The summed E-state index contributed by atoms with van der Waals surface area (Å²) in [4.78, 5) is 39.8. The van der Waals surface area contributed by atoms with Gasteiger partial charge in [-0.1, -0.05) is 23.3 Å². The van der Waals surface area contributed by atoms with Gasteiger partial charge in [0.05, 0.1) is 5.56 Å². The number of benzene rings is 2. The van der Waals surface area contributed by atoms with Crippen molar-refractivity contribution in [2.75, 3.05) is 44.2 Å². The lowest BCUT2D eigenvalue weighted by molar-refractivity contribution is -0.151. The molecule has 2 aromatic carbocycles. The quantitative estimate of drug-likeness (QED) is 0.648. The summed E-state index contributed by atoms with van der Waals surface area (Å²) in [7, 11) is 0. The molecule has 1 aliphatic rings. The molecular formula is C24H26F3N3O4. The number of alkyl halides is 3. The van der Waals surface area contributed by atoms with Gasteiger partial charge in [-0.3, -0.25) is 14.4 Å². The molecule has 0 saturated carbocycles. The van der Waals surface area contributed by atoms with Crippen LogP contribution in [0.15, 0.2) is 42.5 Å². The molecule has 34 heavy (non-hydrogen) atoms. The lowest BCUT2D eigenvalue weighted by Crippen LogP contribution is -2.50. The third-order valence-corrected chi connectivity index (χ3v) is 5.40. The minimum absolute atomic E-state index is 0.288. The zero-order chi connectivity index (χ0) is 24.9. The highest BCUT2D eigenvalue weighted by Crippen LogP contribution is 2.31. The molecule has 0 spiro atoms. The molecule has 0 aromatic heterocycles. The number of hydrogen-bond acceptors (Lipinski definition) is 5. The number of carbonyl (C=O) groups excluding carboxylic acids is 3. The van der Waals surface area contributed by atoms with Crippen molar-refractivity contribution < 1.29 is 32.3 Å². The van der Waals surface area contributed by atoms with E-state index < -0.39 is 36.1 Å². The van der Waals surface area contributed by atoms with Crippen LogP contribution in [0.25, 0.3) is 0 Å². The molecule has 1 fully saturated rings. The molecule has 0 bridgehead atoms. The summed E-state index contributed by atoms with van der Waals surface area (Å²) in [6.07, 6.45) is -4.42. The summed E-state index contributed by atoms with van der Waals surface area (Å²) >= 11 is 0. The van der Waals surface area contributed by atoms with Crippen LogP contribution in [0.1, 0.15) is 27.0 Å². The topological polar surface area (TPSA) is 78.9 Å². The third-order valence-electron chi connectivity index (χ3n) is 5.40. The Morgan fingerprint density at radius 3 is 2.24 bits per heavy atom. The molecule has 0 aliphatic carbocycles. The van der Waals surface area contributed by atoms with Crippen molar-refractivity contribution in [3.05, 3.63) is 64.7 Å². The summed E-state index contributed by atoms with van der Waals surface area (Å²) in [5.74, 6) is -1.56. The molecule has 1 saturated heterocycles. The van der Waals surface area contributed by atoms with Gasteiger partial charge in [0.15, 0.2) is 6.61 Å². The van der Waals surface area contributed by atoms with Crippen LogP contribution in [-0.4, -0.2) is 62.0 Å². The highest BCUT2D eigenvalue weighted by atomic mass is 19.4. The number of hydrogen-bond donors (Lipinski definition) is 1. The average molecular weight is 477 g/mol. The third kappa shape index (κ3) is 6.72. The van der Waals surface area contributed by atoms with Crippen molar-refractivity contribution >= 4 is 23.5 Å². The molecule has 2 aromatic rings. The van der Waals surface area contributed by atoms with E-state index in [1.165, 1.54) is 11.0 Å². The first-order valence-corrected chi connectivity index (χ1v) is 10.7. The summed E-state index contributed by atoms with van der Waals surface area (Å²) in [5.41, 5.74) is 1.99. The molecule has 10 heteroatoms. The van der Waals surface area contributed by atoms with Gasteiger partial charge in [0.2, 0.25) is 0 Å². The Hall–Kier alpha value is -3.56. The molecule has 1 heterocycles. The lowest BCUT2D eigenvalue weighted by Gasteiger charge is -2.36. The van der Waals surface area contributed by atoms with Crippen LogP contribution in [0, 0.1) is 13.8 Å². The Balaban J connectivity index is 1.42. The molecule has 0 radical (unpaired) electrons. The minimum atomic E-state index is -4.42. The predicted octanol–water partition coefficient (Wildman–Crippen LogP) is 2.94. The normalized spacial score (nSPS) is 14.0. The number of nitrogens with one attached hydrogen (secondary N) is 1. The number of amides is 2. The molecule has 182 valence electrons. The smallest absolute Gasteiger partial charge is 0.416 e. The second-order valence-corrected chi connectivity index (χ2v) is 8.14. The standard InChI is InChI=1S/C24H26F3N3O4/c1-16-10-17(2)12-18(11-16)23(33)28-14-22(32)34-15-21(31)30-8-6-29(7-9-30)20-5-3-4-19(13-20)24(25,26)27/h3-5,10-13H,6-9,14-15H2,1-2H3,(H,28,33). The van der Waals surface area contributed by atoms with Crippen LogP contribution >= 0.6 is 0 Å². The molecule has 0 atom stereocenters. The highest BCUT2D eigenvalue weighted by molar-refractivity contribution is 5.96. The fraction of sp³-hybridized carbons (Fsp3) is 0.375. The predicted molar refractivity (Wildman–Crippen MR) is 119 cm³/mol. The Morgan fingerprint density at radius 1 is 0.971 bits per heavy atom. The van der Waals surface area contributed by atoms with Crippen LogP contribution in [0.2, 0.25) is 0 Å². The first-order chi connectivity index (χ1) is 16.0. The monoisotopic (exact) mass is 477 g/mol. The van der Waals surface area contributed by atoms with Crippen molar-refractivity contribution in [1.29, 1.82) is 0 Å². The Bertz CT molecular complexity index is 1040. The van der Waals surface area contributed by atoms with Crippen molar-refractivity contribution in [2.24, 2.45) is 0 Å². The van der Waals surface area contributed by atoms with E-state index in [9.17, 15) is 27.6 Å². The molecule has 7 nitrogen and oxygen atoms in total. The summed E-state index contributed by atoms with van der Waals surface area (Å²) < 4.78 is 43.8. The first-order valence-electron chi connectivity index (χ1n) is 10.7. The van der Waals surface area contributed by atoms with E-state index in [1.807, 2.05) is 19.9 Å². The Morgan fingerprint density at radius 2 is 1.62 bits per heavy atom. The van der Waals surface area contributed by atoms with Crippen molar-refractivity contribution in [3.63, 3.8) is 0 Å². The first kappa shape index (κ1) is 25.1. The van der Waals surface area contributed by atoms with Gasteiger partial charge in [0, 0.05) is 37.4 Å². The second-order valence-electron chi connectivity index (χ2n) is 8.14. The zero-order valence-corrected chi connectivity index (χ0v) is 18.9. The SMILES string of the molecule is Cc1cc(C)cc(C(=O)NCC(=O)OCC(=O)N2CCN(c3cccc(C(F)(F)F)c3)CC2)c1. The number of ether oxygens (including phenoxy) is 1. The van der Waals surface area contributed by atoms with Gasteiger partial charge < -0.3 is 19.9 Å². The molecule has 3 rings (SSSR count). The maximum atomic E-state index is 12.9. The van der Waals surface area contributed by atoms with Gasteiger partial charge in [-0.2, -0.15) is 13.2 Å². The summed E-state index contributed by atoms with van der Waals surface area (Å²) in [6.45, 7) is 4.17. The van der Waals surface area contributed by atoms with Crippen molar-refractivity contribution in [2.45, 2.75) is 20.0 Å². The largest absolute Gasteiger partial charge is 0.454 e. The Kier molecular flexibility index (Phi) is 7.80. The lowest BCUT2D eigenvalue weighted by atomic mass is 10.1. The number of nitrogens with zero attached hydrogens (tertiary/aromatic N) is 2. The van der Waals surface area contributed by atoms with Gasteiger partial charge in [0.1, 0.15) is 6.54 Å². The van der Waals surface area contributed by atoms with Crippen LogP contribution < -0.4 is 10.2 Å². The van der Waals surface area contributed by atoms with Gasteiger partial charge in [-0.15, -0.1) is 0 Å². The number of rotatable bonds is 6. The Labute approximate surface area is 195 Å². The van der Waals surface area contributed by atoms with Gasteiger partial charge >= 0.3 is 12.1 Å². The zero-order valence-electron chi connectivity index (χ0n) is 18.9. The van der Waals surface area contributed by atoms with Gasteiger partial charge in [-0.25, -0.2) is 0 Å². The fourth-order valence-corrected chi connectivity index (χ4v) is 3.74.